The van der Waals surface area contributed by atoms with Gasteiger partial charge >= 0.3 is 12.0 Å². The predicted octanol–water partition coefficient (Wildman–Crippen LogP) is 7.02. The number of methoxy groups -OCH3 is 1. The van der Waals surface area contributed by atoms with E-state index >= 15 is 0 Å². The third kappa shape index (κ3) is 8.64. The molecule has 1 saturated heterocycles. The van der Waals surface area contributed by atoms with Gasteiger partial charge in [0.2, 0.25) is 0 Å². The molecule has 1 aliphatic rings. The van der Waals surface area contributed by atoms with E-state index in [4.69, 9.17) is 14.2 Å². The molecule has 10 nitrogen and oxygen atoms in total. The van der Waals surface area contributed by atoms with Gasteiger partial charge in [-0.05, 0) is 45.5 Å². The molecule has 2 amide bonds. The second kappa shape index (κ2) is 16.7. The Hall–Kier alpha value is -5.81. The molecule has 3 N–H and O–H groups in total. The van der Waals surface area contributed by atoms with Crippen molar-refractivity contribution in [2.24, 2.45) is 0 Å². The minimum atomic E-state index is -0.826. The van der Waals surface area contributed by atoms with Crippen LogP contribution in [0.5, 0.6) is 0 Å². The van der Waals surface area contributed by atoms with Gasteiger partial charge in [-0.3, -0.25) is 0 Å². The molecule has 53 heavy (non-hydrogen) atoms. The number of benzene rings is 5. The first-order chi connectivity index (χ1) is 26.0. The van der Waals surface area contributed by atoms with E-state index in [9.17, 15) is 14.7 Å². The van der Waals surface area contributed by atoms with Crippen LogP contribution in [-0.4, -0.2) is 45.9 Å². The van der Waals surface area contributed by atoms with E-state index in [1.807, 2.05) is 128 Å². The van der Waals surface area contributed by atoms with Gasteiger partial charge in [-0.15, -0.1) is 0 Å². The maximum atomic E-state index is 13.0. The zero-order chi connectivity index (χ0) is 36.6. The molecule has 0 bridgehead atoms. The number of nitrogens with one attached hydrogen (secondary N) is 2. The number of ether oxygens (including phenoxy) is 3. The Morgan fingerprint density at radius 1 is 0.849 bits per heavy atom. The highest BCUT2D eigenvalue weighted by Crippen LogP contribution is 2.39. The lowest BCUT2D eigenvalue weighted by Crippen LogP contribution is -2.47. The molecule has 10 heteroatoms. The van der Waals surface area contributed by atoms with Gasteiger partial charge in [0.05, 0.1) is 49.8 Å². The lowest BCUT2D eigenvalue weighted by Gasteiger charge is -2.36. The lowest BCUT2D eigenvalue weighted by molar-refractivity contribution is -0.252. The normalized spacial score (nSPS) is 17.6. The van der Waals surface area contributed by atoms with Crippen molar-refractivity contribution in [3.63, 3.8) is 0 Å². The number of hydrogen-bond acceptors (Lipinski definition) is 7. The number of urea groups is 1. The van der Waals surface area contributed by atoms with E-state index in [1.165, 1.54) is 7.11 Å². The van der Waals surface area contributed by atoms with Crippen molar-refractivity contribution in [3.05, 3.63) is 162 Å². The summed E-state index contributed by atoms with van der Waals surface area (Å²) in [5.74, 6) is -0.511. The number of rotatable bonds is 12. The zero-order valence-electron chi connectivity index (χ0n) is 29.4. The average Bonchev–Trinajstić information content (AvgIpc) is 3.62. The Labute approximate surface area is 308 Å². The van der Waals surface area contributed by atoms with Gasteiger partial charge in [0, 0.05) is 24.9 Å². The van der Waals surface area contributed by atoms with Crippen molar-refractivity contribution in [2.45, 2.75) is 57.1 Å². The summed E-state index contributed by atoms with van der Waals surface area (Å²) < 4.78 is 20.3. The van der Waals surface area contributed by atoms with Crippen molar-refractivity contribution in [1.29, 1.82) is 0 Å². The standard InChI is InChI=1S/C43H42N4O6/c1-51-41(49)38(23-29-9-3-2-4-10-29)46-43(50)44-25-34-11-5-6-12-36(34)31-19-21-33(22-20-31)42-52-35(26-47-28-45-37-13-7-8-14-39(37)47)24-40(53-42)32-17-15-30(27-48)16-18-32/h2-22,28,35,38,40,42,48H,23-27H2,1H3,(H2,44,46,50)/t35-,38-,40+,42+/m0/s1. The Balaban J connectivity index is 1.06. The van der Waals surface area contributed by atoms with Crippen LogP contribution in [0.3, 0.4) is 0 Å². The molecular weight excluding hydrogens is 668 g/mol. The summed E-state index contributed by atoms with van der Waals surface area (Å²) in [5, 5.41) is 15.3. The molecule has 4 atom stereocenters. The maximum absolute atomic E-state index is 13.0. The molecule has 0 aliphatic carbocycles. The molecule has 1 aromatic heterocycles. The maximum Gasteiger partial charge on any atom is 0.328 e. The van der Waals surface area contributed by atoms with E-state index in [0.717, 1.165) is 50.0 Å². The van der Waals surface area contributed by atoms with E-state index in [2.05, 4.69) is 26.3 Å². The number of para-hydroxylation sites is 2. The van der Waals surface area contributed by atoms with Crippen molar-refractivity contribution >= 4 is 23.0 Å². The summed E-state index contributed by atoms with van der Waals surface area (Å²) in [6.45, 7) is 0.848. The van der Waals surface area contributed by atoms with E-state index < -0.39 is 24.3 Å². The highest BCUT2D eigenvalue weighted by molar-refractivity contribution is 5.84. The number of aromatic nitrogens is 2. The molecule has 5 aromatic carbocycles. The number of fused-ring (bicyclic) bond motifs is 1. The van der Waals surface area contributed by atoms with Crippen molar-refractivity contribution in [3.8, 4) is 11.1 Å². The first-order valence-corrected chi connectivity index (χ1v) is 17.7. The highest BCUT2D eigenvalue weighted by atomic mass is 16.7. The molecule has 0 spiro atoms. The summed E-state index contributed by atoms with van der Waals surface area (Å²) in [5.41, 5.74) is 8.50. The quantitative estimate of drug-likeness (QED) is 0.117. The fourth-order valence-electron chi connectivity index (χ4n) is 6.75. The second-order valence-electron chi connectivity index (χ2n) is 13.1. The fourth-order valence-corrected chi connectivity index (χ4v) is 6.75. The first kappa shape index (κ1) is 35.6. The molecule has 0 unspecified atom stereocenters. The SMILES string of the molecule is COC(=O)[C@H](Cc1ccccc1)NC(=O)NCc1ccccc1-c1ccc([C@@H]2O[C@H](Cn3cnc4ccccc43)C[C@H](c3ccc(CO)cc3)O2)cc1. The number of aliphatic hydroxyl groups is 1. The van der Waals surface area contributed by atoms with Crippen LogP contribution in [0.4, 0.5) is 4.79 Å². The molecule has 0 radical (unpaired) electrons. The molecule has 1 aliphatic heterocycles. The van der Waals surface area contributed by atoms with Crippen LogP contribution in [0, 0.1) is 0 Å². The predicted molar refractivity (Wildman–Crippen MR) is 201 cm³/mol. The number of carbonyl (C=O) groups is 2. The van der Waals surface area contributed by atoms with Crippen LogP contribution in [0.25, 0.3) is 22.2 Å². The smallest absolute Gasteiger partial charge is 0.328 e. The topological polar surface area (TPSA) is 124 Å². The third-order valence-electron chi connectivity index (χ3n) is 9.57. The lowest BCUT2D eigenvalue weighted by atomic mass is 9.97. The molecule has 6 aromatic rings. The zero-order valence-corrected chi connectivity index (χ0v) is 29.4. The monoisotopic (exact) mass is 710 g/mol. The molecule has 2 heterocycles. The molecule has 270 valence electrons. The Morgan fingerprint density at radius 3 is 2.34 bits per heavy atom. The molecule has 1 fully saturated rings. The van der Waals surface area contributed by atoms with Crippen molar-refractivity contribution in [1.82, 2.24) is 20.2 Å². The molecule has 0 saturated carbocycles. The fraction of sp³-hybridized carbons (Fsp3) is 0.233. The van der Waals surface area contributed by atoms with Gasteiger partial charge in [0.25, 0.3) is 0 Å². The minimum absolute atomic E-state index is 0.0166. The Bertz CT molecular complexity index is 2130. The molecule has 7 rings (SSSR count). The third-order valence-corrected chi connectivity index (χ3v) is 9.57. The highest BCUT2D eigenvalue weighted by Gasteiger charge is 2.33. The van der Waals surface area contributed by atoms with Crippen LogP contribution in [-0.2, 0) is 45.1 Å². The number of esters is 1. The largest absolute Gasteiger partial charge is 0.467 e. The summed E-state index contributed by atoms with van der Waals surface area (Å²) in [7, 11) is 1.31. The number of carbonyl (C=O) groups excluding carboxylic acids is 2. The van der Waals surface area contributed by atoms with Gasteiger partial charge in [0.1, 0.15) is 6.04 Å². The number of imidazole rings is 1. The van der Waals surface area contributed by atoms with Crippen LogP contribution < -0.4 is 10.6 Å². The summed E-state index contributed by atoms with van der Waals surface area (Å²) in [6, 6.07) is 40.1. The van der Waals surface area contributed by atoms with Gasteiger partial charge in [0.15, 0.2) is 6.29 Å². The van der Waals surface area contributed by atoms with Crippen LogP contribution >= 0.6 is 0 Å². The number of nitrogens with zero attached hydrogens (tertiary/aromatic N) is 2. The van der Waals surface area contributed by atoms with Crippen LogP contribution in [0.15, 0.2) is 134 Å². The minimum Gasteiger partial charge on any atom is -0.467 e. The second-order valence-corrected chi connectivity index (χ2v) is 13.1. The Morgan fingerprint density at radius 2 is 1.57 bits per heavy atom. The van der Waals surface area contributed by atoms with Crippen molar-refractivity contribution in [2.75, 3.05) is 7.11 Å². The number of hydrogen-bond donors (Lipinski definition) is 3. The Kier molecular flexibility index (Phi) is 11.2. The van der Waals surface area contributed by atoms with Crippen LogP contribution in [0.1, 0.15) is 46.6 Å². The van der Waals surface area contributed by atoms with Gasteiger partial charge in [-0.25, -0.2) is 14.6 Å². The average molecular weight is 711 g/mol. The first-order valence-electron chi connectivity index (χ1n) is 17.7. The summed E-state index contributed by atoms with van der Waals surface area (Å²) in [4.78, 5) is 30.0. The number of amides is 2. The van der Waals surface area contributed by atoms with E-state index in [-0.39, 0.29) is 25.4 Å². The number of aliphatic hydroxyl groups excluding tert-OH is 1. The van der Waals surface area contributed by atoms with Crippen LogP contribution in [0.2, 0.25) is 0 Å². The van der Waals surface area contributed by atoms with E-state index in [0.29, 0.717) is 19.4 Å². The van der Waals surface area contributed by atoms with Gasteiger partial charge in [-0.2, -0.15) is 0 Å². The summed E-state index contributed by atoms with van der Waals surface area (Å²) >= 11 is 0. The molecular formula is C43H42N4O6. The van der Waals surface area contributed by atoms with E-state index in [1.54, 1.807) is 0 Å². The van der Waals surface area contributed by atoms with Gasteiger partial charge in [-0.1, -0.05) is 115 Å². The summed E-state index contributed by atoms with van der Waals surface area (Å²) in [6.07, 6.45) is 1.84. The van der Waals surface area contributed by atoms with Gasteiger partial charge < -0.3 is 34.5 Å². The van der Waals surface area contributed by atoms with Crippen molar-refractivity contribution < 1.29 is 28.9 Å².